The SMILES string of the molecule is O=C(Nc1cc(-c2cncc(NC[C@H]3CCCO3)n2)c(Cl)cn1)[C@@H]1CCCNC1. The van der Waals surface area contributed by atoms with Gasteiger partial charge in [0, 0.05) is 31.5 Å². The van der Waals surface area contributed by atoms with Gasteiger partial charge < -0.3 is 20.7 Å². The predicted octanol–water partition coefficient (Wildman–Crippen LogP) is 2.72. The molecule has 1 amide bonds. The minimum absolute atomic E-state index is 0.0314. The van der Waals surface area contributed by atoms with E-state index in [2.05, 4.69) is 30.9 Å². The summed E-state index contributed by atoms with van der Waals surface area (Å²) in [5.41, 5.74) is 1.29. The lowest BCUT2D eigenvalue weighted by Gasteiger charge is -2.21. The maximum atomic E-state index is 12.5. The van der Waals surface area contributed by atoms with Gasteiger partial charge >= 0.3 is 0 Å². The van der Waals surface area contributed by atoms with Gasteiger partial charge in [-0.15, -0.1) is 0 Å². The van der Waals surface area contributed by atoms with Gasteiger partial charge in [0.1, 0.15) is 11.6 Å². The Morgan fingerprint density at radius 3 is 2.97 bits per heavy atom. The minimum atomic E-state index is -0.0465. The van der Waals surface area contributed by atoms with E-state index in [-0.39, 0.29) is 17.9 Å². The normalized spacial score (nSPS) is 21.7. The summed E-state index contributed by atoms with van der Waals surface area (Å²) in [6.07, 6.45) is 9.08. The molecule has 2 fully saturated rings. The number of nitrogens with zero attached hydrogens (tertiary/aromatic N) is 3. The number of anilines is 2. The van der Waals surface area contributed by atoms with Gasteiger partial charge in [-0.3, -0.25) is 9.78 Å². The molecule has 2 saturated heterocycles. The number of piperidine rings is 1. The van der Waals surface area contributed by atoms with Crippen molar-refractivity contribution in [3.8, 4) is 11.3 Å². The fourth-order valence-corrected chi connectivity index (χ4v) is 3.81. The molecule has 3 N–H and O–H groups in total. The number of rotatable bonds is 6. The minimum Gasteiger partial charge on any atom is -0.376 e. The van der Waals surface area contributed by atoms with E-state index in [0.717, 1.165) is 38.8 Å². The average Bonchev–Trinajstić information content (AvgIpc) is 3.28. The van der Waals surface area contributed by atoms with Crippen LogP contribution in [-0.2, 0) is 9.53 Å². The molecule has 2 aromatic heterocycles. The number of aromatic nitrogens is 3. The van der Waals surface area contributed by atoms with Crippen molar-refractivity contribution in [1.29, 1.82) is 0 Å². The number of carbonyl (C=O) groups excluding carboxylic acids is 1. The Balaban J connectivity index is 1.46. The van der Waals surface area contributed by atoms with Crippen molar-refractivity contribution >= 4 is 29.1 Å². The lowest BCUT2D eigenvalue weighted by atomic mass is 9.99. The van der Waals surface area contributed by atoms with E-state index in [1.165, 1.54) is 6.20 Å². The molecule has 4 rings (SSSR count). The molecule has 0 spiro atoms. The molecule has 4 heterocycles. The third-order valence-corrected chi connectivity index (χ3v) is 5.52. The second-order valence-corrected chi connectivity index (χ2v) is 7.79. The summed E-state index contributed by atoms with van der Waals surface area (Å²) in [5, 5.41) is 9.87. The smallest absolute Gasteiger partial charge is 0.229 e. The van der Waals surface area contributed by atoms with E-state index < -0.39 is 0 Å². The van der Waals surface area contributed by atoms with Crippen LogP contribution in [0.5, 0.6) is 0 Å². The Hall–Kier alpha value is -2.29. The van der Waals surface area contributed by atoms with Gasteiger partial charge in [0.25, 0.3) is 0 Å². The summed E-state index contributed by atoms with van der Waals surface area (Å²) in [6, 6.07) is 1.74. The van der Waals surface area contributed by atoms with Crippen molar-refractivity contribution < 1.29 is 9.53 Å². The van der Waals surface area contributed by atoms with Gasteiger partial charge in [-0.25, -0.2) is 9.97 Å². The molecule has 154 valence electrons. The first-order chi connectivity index (χ1) is 14.2. The Morgan fingerprint density at radius 2 is 2.17 bits per heavy atom. The van der Waals surface area contributed by atoms with Crippen LogP contribution in [-0.4, -0.2) is 53.2 Å². The fraction of sp³-hybridized carbons (Fsp3) is 0.500. The summed E-state index contributed by atoms with van der Waals surface area (Å²) in [5.74, 6) is 1.04. The first-order valence-electron chi connectivity index (χ1n) is 10.0. The van der Waals surface area contributed by atoms with E-state index in [4.69, 9.17) is 16.3 Å². The van der Waals surface area contributed by atoms with Crippen LogP contribution in [0.2, 0.25) is 5.02 Å². The second kappa shape index (κ2) is 9.47. The number of pyridine rings is 1. The lowest BCUT2D eigenvalue weighted by molar-refractivity contribution is -0.120. The molecule has 2 atom stereocenters. The Morgan fingerprint density at radius 1 is 1.24 bits per heavy atom. The van der Waals surface area contributed by atoms with Crippen LogP contribution in [0.1, 0.15) is 25.7 Å². The van der Waals surface area contributed by atoms with Gasteiger partial charge in [-0.2, -0.15) is 0 Å². The molecule has 0 radical (unpaired) electrons. The van der Waals surface area contributed by atoms with Crippen LogP contribution in [0.3, 0.4) is 0 Å². The zero-order valence-electron chi connectivity index (χ0n) is 16.2. The molecule has 2 aromatic rings. The van der Waals surface area contributed by atoms with Crippen molar-refractivity contribution in [3.05, 3.63) is 29.7 Å². The molecule has 2 aliphatic rings. The van der Waals surface area contributed by atoms with E-state index in [9.17, 15) is 4.79 Å². The molecule has 0 aromatic carbocycles. The molecule has 8 nitrogen and oxygen atoms in total. The first-order valence-corrected chi connectivity index (χ1v) is 10.4. The van der Waals surface area contributed by atoms with Crippen molar-refractivity contribution in [2.75, 3.05) is 36.9 Å². The van der Waals surface area contributed by atoms with E-state index in [1.54, 1.807) is 18.5 Å². The highest BCUT2D eigenvalue weighted by Crippen LogP contribution is 2.28. The highest BCUT2D eigenvalue weighted by molar-refractivity contribution is 6.33. The molecule has 0 saturated carbocycles. The number of amides is 1. The molecule has 2 aliphatic heterocycles. The number of carbonyl (C=O) groups is 1. The molecular weight excluding hydrogens is 392 g/mol. The van der Waals surface area contributed by atoms with Gasteiger partial charge in [0.05, 0.1) is 35.1 Å². The molecule has 29 heavy (non-hydrogen) atoms. The van der Waals surface area contributed by atoms with Crippen LogP contribution in [0, 0.1) is 5.92 Å². The van der Waals surface area contributed by atoms with Crippen LogP contribution >= 0.6 is 11.6 Å². The predicted molar refractivity (Wildman–Crippen MR) is 112 cm³/mol. The summed E-state index contributed by atoms with van der Waals surface area (Å²) < 4.78 is 5.63. The monoisotopic (exact) mass is 416 g/mol. The van der Waals surface area contributed by atoms with E-state index in [0.29, 0.717) is 41.0 Å². The Labute approximate surface area is 174 Å². The van der Waals surface area contributed by atoms with E-state index in [1.807, 2.05) is 0 Å². The standard InChI is InChI=1S/C20H25ClN6O2/c21-16-10-25-18(27-20(28)13-3-1-5-22-8-13)7-15(16)17-11-23-12-19(26-17)24-9-14-4-2-6-29-14/h7,10-14,22H,1-6,8-9H2,(H,24,26)(H,25,27,28)/t13-,14-/m1/s1. The average molecular weight is 417 g/mol. The van der Waals surface area contributed by atoms with Gasteiger partial charge in [-0.1, -0.05) is 11.6 Å². The fourth-order valence-electron chi connectivity index (χ4n) is 3.61. The number of halogens is 1. The van der Waals surface area contributed by atoms with Crippen LogP contribution < -0.4 is 16.0 Å². The van der Waals surface area contributed by atoms with Crippen LogP contribution in [0.25, 0.3) is 11.3 Å². The Bertz CT molecular complexity index is 853. The zero-order valence-corrected chi connectivity index (χ0v) is 16.9. The summed E-state index contributed by atoms with van der Waals surface area (Å²) >= 11 is 6.36. The third-order valence-electron chi connectivity index (χ3n) is 5.22. The third kappa shape index (κ3) is 5.20. The highest BCUT2D eigenvalue weighted by Gasteiger charge is 2.22. The topological polar surface area (TPSA) is 101 Å². The number of hydrogen-bond acceptors (Lipinski definition) is 7. The molecule has 0 aliphatic carbocycles. The molecule has 0 unspecified atom stereocenters. The number of ether oxygens (including phenoxy) is 1. The van der Waals surface area contributed by atoms with Crippen LogP contribution in [0.4, 0.5) is 11.6 Å². The van der Waals surface area contributed by atoms with Crippen molar-refractivity contribution in [1.82, 2.24) is 20.3 Å². The Kier molecular flexibility index (Phi) is 6.53. The molecule has 0 bridgehead atoms. The van der Waals surface area contributed by atoms with Gasteiger partial charge in [0.2, 0.25) is 5.91 Å². The zero-order chi connectivity index (χ0) is 20.1. The number of hydrogen-bond donors (Lipinski definition) is 3. The van der Waals surface area contributed by atoms with Crippen molar-refractivity contribution in [2.24, 2.45) is 5.92 Å². The van der Waals surface area contributed by atoms with Crippen molar-refractivity contribution in [3.63, 3.8) is 0 Å². The largest absolute Gasteiger partial charge is 0.376 e. The lowest BCUT2D eigenvalue weighted by Crippen LogP contribution is -2.37. The van der Waals surface area contributed by atoms with Crippen LogP contribution in [0.15, 0.2) is 24.7 Å². The number of nitrogens with one attached hydrogen (secondary N) is 3. The molecular formula is C20H25ClN6O2. The summed E-state index contributed by atoms with van der Waals surface area (Å²) in [6.45, 7) is 3.16. The van der Waals surface area contributed by atoms with Crippen molar-refractivity contribution in [2.45, 2.75) is 31.8 Å². The summed E-state index contributed by atoms with van der Waals surface area (Å²) in [4.78, 5) is 25.6. The van der Waals surface area contributed by atoms with E-state index >= 15 is 0 Å². The van der Waals surface area contributed by atoms with Gasteiger partial charge in [-0.05, 0) is 38.3 Å². The summed E-state index contributed by atoms with van der Waals surface area (Å²) in [7, 11) is 0. The highest BCUT2D eigenvalue weighted by atomic mass is 35.5. The maximum absolute atomic E-state index is 12.5. The molecule has 9 heteroatoms. The van der Waals surface area contributed by atoms with Gasteiger partial charge in [0.15, 0.2) is 0 Å². The second-order valence-electron chi connectivity index (χ2n) is 7.39. The first kappa shape index (κ1) is 20.0. The maximum Gasteiger partial charge on any atom is 0.229 e. The quantitative estimate of drug-likeness (QED) is 0.665.